The molecule has 0 saturated heterocycles. The molecule has 5 heteroatoms. The third kappa shape index (κ3) is 2.09. The summed E-state index contributed by atoms with van der Waals surface area (Å²) in [6.45, 7) is 4.72. The summed E-state index contributed by atoms with van der Waals surface area (Å²) in [6.07, 6.45) is 0. The van der Waals surface area contributed by atoms with E-state index in [0.717, 1.165) is 11.3 Å². The van der Waals surface area contributed by atoms with Crippen molar-refractivity contribution in [1.29, 1.82) is 0 Å². The molecular formula is C11H15N5. The second-order valence-electron chi connectivity index (χ2n) is 3.82. The summed E-state index contributed by atoms with van der Waals surface area (Å²) < 4.78 is 0. The summed E-state index contributed by atoms with van der Waals surface area (Å²) in [6, 6.07) is 6.19. The molecule has 0 aliphatic heterocycles. The Morgan fingerprint density at radius 2 is 2.12 bits per heavy atom. The second kappa shape index (κ2) is 4.40. The van der Waals surface area contributed by atoms with Gasteiger partial charge in [-0.15, -0.1) is 15.0 Å². The lowest BCUT2D eigenvalue weighted by Gasteiger charge is -2.04. The molecule has 0 bridgehead atoms. The van der Waals surface area contributed by atoms with Gasteiger partial charge in [0.2, 0.25) is 0 Å². The van der Waals surface area contributed by atoms with Crippen LogP contribution in [0.15, 0.2) is 18.2 Å². The van der Waals surface area contributed by atoms with Crippen LogP contribution < -0.4 is 5.32 Å². The lowest BCUT2D eigenvalue weighted by Crippen LogP contribution is -2.07. The Morgan fingerprint density at radius 3 is 2.88 bits per heavy atom. The second-order valence-corrected chi connectivity index (χ2v) is 3.82. The van der Waals surface area contributed by atoms with Gasteiger partial charge in [0.25, 0.3) is 0 Å². The number of aryl methyl sites for hydroxylation is 2. The fourth-order valence-electron chi connectivity index (χ4n) is 1.51. The molecule has 1 heterocycles. The Bertz CT molecular complexity index is 489. The standard InChI is InChI=1S/C11H15N5/c1-8-4-5-9(2)10(6-8)16-14-11(7-12-3)13-15-16/h4-6,12H,7H2,1-3H3. The predicted octanol–water partition coefficient (Wildman–Crippen LogP) is 0.999. The van der Waals surface area contributed by atoms with E-state index in [2.05, 4.69) is 38.9 Å². The molecule has 0 saturated carbocycles. The van der Waals surface area contributed by atoms with Crippen LogP contribution >= 0.6 is 0 Å². The van der Waals surface area contributed by atoms with E-state index in [1.165, 1.54) is 5.56 Å². The van der Waals surface area contributed by atoms with E-state index >= 15 is 0 Å². The molecule has 2 aromatic rings. The molecule has 1 aromatic heterocycles. The number of hydrogen-bond donors (Lipinski definition) is 1. The van der Waals surface area contributed by atoms with Crippen LogP contribution in [0.5, 0.6) is 0 Å². The van der Waals surface area contributed by atoms with E-state index in [9.17, 15) is 0 Å². The number of nitrogens with one attached hydrogen (secondary N) is 1. The van der Waals surface area contributed by atoms with Gasteiger partial charge >= 0.3 is 0 Å². The van der Waals surface area contributed by atoms with Crippen LogP contribution in [-0.2, 0) is 6.54 Å². The van der Waals surface area contributed by atoms with E-state index in [0.29, 0.717) is 12.4 Å². The van der Waals surface area contributed by atoms with Gasteiger partial charge in [0.05, 0.1) is 12.2 Å². The molecule has 1 N–H and O–H groups in total. The Morgan fingerprint density at radius 1 is 1.31 bits per heavy atom. The van der Waals surface area contributed by atoms with Gasteiger partial charge < -0.3 is 5.32 Å². The lowest BCUT2D eigenvalue weighted by molar-refractivity contribution is 0.707. The topological polar surface area (TPSA) is 55.6 Å². The number of aromatic nitrogens is 4. The smallest absolute Gasteiger partial charge is 0.188 e. The maximum absolute atomic E-state index is 4.30. The zero-order chi connectivity index (χ0) is 11.5. The summed E-state index contributed by atoms with van der Waals surface area (Å²) in [5, 5.41) is 15.3. The van der Waals surface area contributed by atoms with E-state index in [1.54, 1.807) is 4.80 Å². The Hall–Kier alpha value is -1.75. The molecule has 16 heavy (non-hydrogen) atoms. The van der Waals surface area contributed by atoms with Crippen LogP contribution in [0.25, 0.3) is 5.69 Å². The Balaban J connectivity index is 2.38. The van der Waals surface area contributed by atoms with E-state index < -0.39 is 0 Å². The molecule has 0 fully saturated rings. The zero-order valence-corrected chi connectivity index (χ0v) is 9.73. The summed E-state index contributed by atoms with van der Waals surface area (Å²) in [4.78, 5) is 1.58. The van der Waals surface area contributed by atoms with Crippen LogP contribution in [0.3, 0.4) is 0 Å². The van der Waals surface area contributed by atoms with Crippen molar-refractivity contribution in [3.05, 3.63) is 35.2 Å². The Labute approximate surface area is 94.5 Å². The first-order valence-electron chi connectivity index (χ1n) is 5.22. The highest BCUT2D eigenvalue weighted by atomic mass is 15.6. The van der Waals surface area contributed by atoms with Crippen molar-refractivity contribution in [2.24, 2.45) is 0 Å². The highest BCUT2D eigenvalue weighted by Gasteiger charge is 2.06. The number of nitrogens with zero attached hydrogens (tertiary/aromatic N) is 4. The van der Waals surface area contributed by atoms with E-state index in [1.807, 2.05) is 20.9 Å². The lowest BCUT2D eigenvalue weighted by atomic mass is 10.1. The van der Waals surface area contributed by atoms with E-state index in [-0.39, 0.29) is 0 Å². The minimum Gasteiger partial charge on any atom is -0.313 e. The highest BCUT2D eigenvalue weighted by Crippen LogP contribution is 2.13. The molecule has 1 aromatic carbocycles. The highest BCUT2D eigenvalue weighted by molar-refractivity contribution is 5.41. The molecule has 0 amide bonds. The maximum atomic E-state index is 4.30. The molecule has 0 aliphatic carbocycles. The average molecular weight is 217 g/mol. The number of tetrazole rings is 1. The third-order valence-corrected chi connectivity index (χ3v) is 2.37. The molecule has 2 rings (SSSR count). The van der Waals surface area contributed by atoms with Crippen molar-refractivity contribution in [2.45, 2.75) is 20.4 Å². The van der Waals surface area contributed by atoms with E-state index in [4.69, 9.17) is 0 Å². The minimum absolute atomic E-state index is 0.630. The molecule has 84 valence electrons. The van der Waals surface area contributed by atoms with Crippen molar-refractivity contribution < 1.29 is 0 Å². The first-order chi connectivity index (χ1) is 7.70. The van der Waals surface area contributed by atoms with Crippen LogP contribution in [0.2, 0.25) is 0 Å². The van der Waals surface area contributed by atoms with Crippen LogP contribution in [-0.4, -0.2) is 27.3 Å². The summed E-state index contributed by atoms with van der Waals surface area (Å²) in [5.74, 6) is 0.698. The van der Waals surface area contributed by atoms with Gasteiger partial charge in [0.1, 0.15) is 0 Å². The summed E-state index contributed by atoms with van der Waals surface area (Å²) >= 11 is 0. The first kappa shape index (κ1) is 10.8. The zero-order valence-electron chi connectivity index (χ0n) is 9.73. The minimum atomic E-state index is 0.630. The quantitative estimate of drug-likeness (QED) is 0.833. The normalized spacial score (nSPS) is 10.7. The molecule has 0 spiro atoms. The van der Waals surface area contributed by atoms with Gasteiger partial charge in [-0.1, -0.05) is 12.1 Å². The molecule has 5 nitrogen and oxygen atoms in total. The van der Waals surface area contributed by atoms with Crippen LogP contribution in [0.4, 0.5) is 0 Å². The monoisotopic (exact) mass is 217 g/mol. The molecule has 0 unspecified atom stereocenters. The SMILES string of the molecule is CNCc1nnn(-c2cc(C)ccc2C)n1. The maximum Gasteiger partial charge on any atom is 0.188 e. The van der Waals surface area contributed by atoms with Gasteiger partial charge in [-0.05, 0) is 43.3 Å². The molecule has 0 aliphatic rings. The fraction of sp³-hybridized carbons (Fsp3) is 0.364. The largest absolute Gasteiger partial charge is 0.313 e. The summed E-state index contributed by atoms with van der Waals surface area (Å²) in [7, 11) is 1.86. The Kier molecular flexibility index (Phi) is 2.96. The van der Waals surface area contributed by atoms with Gasteiger partial charge in [0, 0.05) is 0 Å². The average Bonchev–Trinajstić information content (AvgIpc) is 2.71. The molecule has 0 radical (unpaired) electrons. The molecular weight excluding hydrogens is 202 g/mol. The van der Waals surface area contributed by atoms with Crippen LogP contribution in [0.1, 0.15) is 17.0 Å². The predicted molar refractivity (Wildman–Crippen MR) is 61.4 cm³/mol. The van der Waals surface area contributed by atoms with Crippen molar-refractivity contribution in [3.8, 4) is 5.69 Å². The fourth-order valence-corrected chi connectivity index (χ4v) is 1.51. The van der Waals surface area contributed by atoms with Gasteiger partial charge in [-0.25, -0.2) is 0 Å². The van der Waals surface area contributed by atoms with Gasteiger partial charge in [-0.3, -0.25) is 0 Å². The van der Waals surface area contributed by atoms with Crippen molar-refractivity contribution >= 4 is 0 Å². The van der Waals surface area contributed by atoms with Gasteiger partial charge in [-0.2, -0.15) is 0 Å². The van der Waals surface area contributed by atoms with Crippen LogP contribution in [0, 0.1) is 13.8 Å². The number of benzene rings is 1. The number of rotatable bonds is 3. The van der Waals surface area contributed by atoms with Crippen molar-refractivity contribution in [2.75, 3.05) is 7.05 Å². The molecule has 0 atom stereocenters. The number of hydrogen-bond acceptors (Lipinski definition) is 4. The first-order valence-corrected chi connectivity index (χ1v) is 5.22. The van der Waals surface area contributed by atoms with Gasteiger partial charge in [0.15, 0.2) is 5.82 Å². The van der Waals surface area contributed by atoms with Crippen molar-refractivity contribution in [1.82, 2.24) is 25.5 Å². The van der Waals surface area contributed by atoms with Crippen molar-refractivity contribution in [3.63, 3.8) is 0 Å². The third-order valence-electron chi connectivity index (χ3n) is 2.37. The summed E-state index contributed by atoms with van der Waals surface area (Å²) in [5.41, 5.74) is 3.31.